The predicted octanol–water partition coefficient (Wildman–Crippen LogP) is 3.83. The third-order valence-electron chi connectivity index (χ3n) is 3.21. The standard InChI is InChI=1S/C15H27N3O2/c1-7-12(8-2)18-10-16-9-13(18)11(3)17-14(19)20-15(4,5)6/h9-12H,7-8H2,1-6H3,(H,17,19)/t11-/m0/s1. The summed E-state index contributed by atoms with van der Waals surface area (Å²) in [6.45, 7) is 11.8. The van der Waals surface area contributed by atoms with Gasteiger partial charge in [0, 0.05) is 6.04 Å². The first-order valence-corrected chi connectivity index (χ1v) is 7.29. The molecule has 0 fully saturated rings. The summed E-state index contributed by atoms with van der Waals surface area (Å²) in [5.74, 6) is 0. The van der Waals surface area contributed by atoms with E-state index in [0.717, 1.165) is 18.5 Å². The number of amides is 1. The molecule has 0 saturated carbocycles. The van der Waals surface area contributed by atoms with Gasteiger partial charge in [-0.1, -0.05) is 13.8 Å². The maximum absolute atomic E-state index is 11.8. The molecule has 20 heavy (non-hydrogen) atoms. The van der Waals surface area contributed by atoms with Crippen LogP contribution in [0.5, 0.6) is 0 Å². The minimum atomic E-state index is -0.487. The van der Waals surface area contributed by atoms with Crippen molar-refractivity contribution in [2.75, 3.05) is 0 Å². The van der Waals surface area contributed by atoms with Gasteiger partial charge in [-0.25, -0.2) is 9.78 Å². The zero-order valence-electron chi connectivity index (χ0n) is 13.4. The number of nitrogens with zero attached hydrogens (tertiary/aromatic N) is 2. The number of nitrogens with one attached hydrogen (secondary N) is 1. The molecule has 1 atom stereocenters. The van der Waals surface area contributed by atoms with Gasteiger partial charge in [0.05, 0.1) is 24.3 Å². The van der Waals surface area contributed by atoms with E-state index >= 15 is 0 Å². The van der Waals surface area contributed by atoms with Gasteiger partial charge in [0.2, 0.25) is 0 Å². The van der Waals surface area contributed by atoms with Crippen molar-refractivity contribution in [3.8, 4) is 0 Å². The first-order valence-electron chi connectivity index (χ1n) is 7.29. The van der Waals surface area contributed by atoms with E-state index in [2.05, 4.69) is 28.7 Å². The fourth-order valence-electron chi connectivity index (χ4n) is 2.20. The summed E-state index contributed by atoms with van der Waals surface area (Å²) in [5, 5.41) is 2.86. The lowest BCUT2D eigenvalue weighted by Crippen LogP contribution is -2.34. The summed E-state index contributed by atoms with van der Waals surface area (Å²) in [4.78, 5) is 16.0. The first-order chi connectivity index (χ1) is 9.28. The molecule has 1 aromatic heterocycles. The second kappa shape index (κ2) is 6.77. The van der Waals surface area contributed by atoms with Crippen molar-refractivity contribution in [2.24, 2.45) is 0 Å². The summed E-state index contributed by atoms with van der Waals surface area (Å²) in [6, 6.07) is 0.281. The van der Waals surface area contributed by atoms with E-state index in [1.54, 1.807) is 6.20 Å². The van der Waals surface area contributed by atoms with E-state index in [4.69, 9.17) is 4.74 Å². The van der Waals surface area contributed by atoms with Crippen LogP contribution in [0.3, 0.4) is 0 Å². The van der Waals surface area contributed by atoms with E-state index in [9.17, 15) is 4.79 Å². The quantitative estimate of drug-likeness (QED) is 0.892. The molecule has 1 N–H and O–H groups in total. The molecular weight excluding hydrogens is 254 g/mol. The highest BCUT2D eigenvalue weighted by Gasteiger charge is 2.21. The largest absolute Gasteiger partial charge is 0.444 e. The molecule has 0 aliphatic carbocycles. The van der Waals surface area contributed by atoms with E-state index in [1.165, 1.54) is 0 Å². The Balaban J connectivity index is 2.76. The highest BCUT2D eigenvalue weighted by molar-refractivity contribution is 5.68. The summed E-state index contributed by atoms with van der Waals surface area (Å²) in [5.41, 5.74) is 0.518. The SMILES string of the molecule is CCC(CC)n1cncc1[C@H](C)NC(=O)OC(C)(C)C. The molecule has 1 amide bonds. The van der Waals surface area contributed by atoms with E-state index < -0.39 is 11.7 Å². The van der Waals surface area contributed by atoms with Crippen LogP contribution >= 0.6 is 0 Å². The Labute approximate surface area is 121 Å². The number of carbonyl (C=O) groups is 1. The highest BCUT2D eigenvalue weighted by atomic mass is 16.6. The van der Waals surface area contributed by atoms with Crippen LogP contribution in [0.1, 0.15) is 72.2 Å². The lowest BCUT2D eigenvalue weighted by molar-refractivity contribution is 0.0505. The van der Waals surface area contributed by atoms with Gasteiger partial charge < -0.3 is 14.6 Å². The molecule has 0 bridgehead atoms. The zero-order valence-corrected chi connectivity index (χ0v) is 13.4. The maximum atomic E-state index is 11.8. The molecular formula is C15H27N3O2. The molecule has 0 aromatic carbocycles. The maximum Gasteiger partial charge on any atom is 0.408 e. The molecule has 0 saturated heterocycles. The summed E-state index contributed by atoms with van der Waals surface area (Å²) in [7, 11) is 0. The topological polar surface area (TPSA) is 56.2 Å². The fraction of sp³-hybridized carbons (Fsp3) is 0.733. The molecule has 1 rings (SSSR count). The molecule has 1 heterocycles. The van der Waals surface area contributed by atoms with Crippen LogP contribution in [-0.2, 0) is 4.74 Å². The Kier molecular flexibility index (Phi) is 5.60. The van der Waals surface area contributed by atoms with Gasteiger partial charge in [-0.3, -0.25) is 0 Å². The van der Waals surface area contributed by atoms with Crippen molar-refractivity contribution in [3.05, 3.63) is 18.2 Å². The lowest BCUT2D eigenvalue weighted by Gasteiger charge is -2.24. The van der Waals surface area contributed by atoms with Gasteiger partial charge in [-0.05, 0) is 40.5 Å². The molecule has 114 valence electrons. The van der Waals surface area contributed by atoms with Crippen LogP contribution in [0.15, 0.2) is 12.5 Å². The summed E-state index contributed by atoms with van der Waals surface area (Å²) in [6.07, 6.45) is 5.32. The van der Waals surface area contributed by atoms with E-state index in [-0.39, 0.29) is 6.04 Å². The van der Waals surface area contributed by atoms with Gasteiger partial charge >= 0.3 is 6.09 Å². The average Bonchev–Trinajstić information content (AvgIpc) is 2.77. The molecule has 0 unspecified atom stereocenters. The molecule has 5 nitrogen and oxygen atoms in total. The third kappa shape index (κ3) is 4.54. The van der Waals surface area contributed by atoms with Gasteiger partial charge in [-0.2, -0.15) is 0 Å². The van der Waals surface area contributed by atoms with Crippen molar-refractivity contribution >= 4 is 6.09 Å². The lowest BCUT2D eigenvalue weighted by atomic mass is 10.1. The Morgan fingerprint density at radius 1 is 1.40 bits per heavy atom. The van der Waals surface area contributed by atoms with Crippen molar-refractivity contribution in [1.82, 2.24) is 14.9 Å². The van der Waals surface area contributed by atoms with Crippen LogP contribution in [-0.4, -0.2) is 21.2 Å². The van der Waals surface area contributed by atoms with Crippen molar-refractivity contribution in [3.63, 3.8) is 0 Å². The number of carbonyl (C=O) groups excluding carboxylic acids is 1. The minimum Gasteiger partial charge on any atom is -0.444 e. The van der Waals surface area contributed by atoms with Crippen molar-refractivity contribution < 1.29 is 9.53 Å². The molecule has 1 aromatic rings. The molecule has 0 aliphatic heterocycles. The Bertz CT molecular complexity index is 431. The van der Waals surface area contributed by atoms with Gasteiger partial charge in [0.15, 0.2) is 0 Å². The molecule has 0 spiro atoms. The van der Waals surface area contributed by atoms with Gasteiger partial charge in [0.25, 0.3) is 0 Å². The number of alkyl carbamates (subject to hydrolysis) is 1. The van der Waals surface area contributed by atoms with Crippen molar-refractivity contribution in [2.45, 2.75) is 72.1 Å². The van der Waals surface area contributed by atoms with Crippen LogP contribution in [0.25, 0.3) is 0 Å². The second-order valence-electron chi connectivity index (χ2n) is 6.06. The Morgan fingerprint density at radius 2 is 2.00 bits per heavy atom. The minimum absolute atomic E-state index is 0.132. The normalized spacial score (nSPS) is 13.3. The third-order valence-corrected chi connectivity index (χ3v) is 3.21. The predicted molar refractivity (Wildman–Crippen MR) is 79.6 cm³/mol. The molecule has 5 heteroatoms. The van der Waals surface area contributed by atoms with E-state index in [0.29, 0.717) is 6.04 Å². The van der Waals surface area contributed by atoms with Gasteiger partial charge in [0.1, 0.15) is 5.60 Å². The molecule has 0 aliphatic rings. The summed E-state index contributed by atoms with van der Waals surface area (Å²) >= 11 is 0. The monoisotopic (exact) mass is 281 g/mol. The van der Waals surface area contributed by atoms with Gasteiger partial charge in [-0.15, -0.1) is 0 Å². The van der Waals surface area contributed by atoms with Crippen molar-refractivity contribution in [1.29, 1.82) is 0 Å². The number of imidazole rings is 1. The average molecular weight is 281 g/mol. The van der Waals surface area contributed by atoms with Crippen LogP contribution < -0.4 is 5.32 Å². The highest BCUT2D eigenvalue weighted by Crippen LogP contribution is 2.22. The first kappa shape index (κ1) is 16.5. The second-order valence-corrected chi connectivity index (χ2v) is 6.06. The zero-order chi connectivity index (χ0) is 15.3. The number of aromatic nitrogens is 2. The Morgan fingerprint density at radius 3 is 2.50 bits per heavy atom. The smallest absolute Gasteiger partial charge is 0.408 e. The number of ether oxygens (including phenoxy) is 1. The number of hydrogen-bond donors (Lipinski definition) is 1. The van der Waals surface area contributed by atoms with E-state index in [1.807, 2.05) is 34.0 Å². The Hall–Kier alpha value is -1.52. The molecule has 0 radical (unpaired) electrons. The summed E-state index contributed by atoms with van der Waals surface area (Å²) < 4.78 is 7.42. The number of hydrogen-bond acceptors (Lipinski definition) is 3. The fourth-order valence-corrected chi connectivity index (χ4v) is 2.20. The van der Waals surface area contributed by atoms with Crippen LogP contribution in [0, 0.1) is 0 Å². The number of rotatable bonds is 5. The van der Waals surface area contributed by atoms with Crippen LogP contribution in [0.4, 0.5) is 4.79 Å². The van der Waals surface area contributed by atoms with Crippen LogP contribution in [0.2, 0.25) is 0 Å².